The molecule has 10 saturated carbocycles. The predicted molar refractivity (Wildman–Crippen MR) is 290 cm³/mol. The molecule has 13 atom stereocenters. The summed E-state index contributed by atoms with van der Waals surface area (Å²) in [6, 6.07) is 0. The number of alkyl halides is 2. The number of aliphatic hydroxyl groups is 4. The molecule has 414 valence electrons. The van der Waals surface area contributed by atoms with Gasteiger partial charge in [-0.1, -0.05) is 85.5 Å². The molecule has 10 fully saturated rings. The van der Waals surface area contributed by atoms with Crippen molar-refractivity contribution in [2.24, 2.45) is 110 Å². The zero-order valence-electron chi connectivity index (χ0n) is 47.2. The van der Waals surface area contributed by atoms with Crippen molar-refractivity contribution in [2.45, 2.75) is 303 Å². The normalized spacial score (nSPS) is 42.0. The third kappa shape index (κ3) is 13.2. The molecule has 0 radical (unpaired) electrons. The van der Waals surface area contributed by atoms with Crippen LogP contribution < -0.4 is 0 Å². The van der Waals surface area contributed by atoms with Crippen LogP contribution in [0.25, 0.3) is 0 Å². The molecule has 0 aromatic heterocycles. The second kappa shape index (κ2) is 22.4. The maximum Gasteiger partial charge on any atom is 0.245 e. The number of aliphatic hydroxyl groups excluding tert-OH is 4. The third-order valence-corrected chi connectivity index (χ3v) is 25.2. The molecule has 0 spiro atoms. The van der Waals surface area contributed by atoms with E-state index in [1.165, 1.54) is 141 Å². The lowest BCUT2D eigenvalue weighted by atomic mass is 9.67. The molecule has 6 heteroatoms. The van der Waals surface area contributed by atoms with E-state index < -0.39 is 18.1 Å². The number of halogens is 2. The first-order valence-corrected chi connectivity index (χ1v) is 32.5. The Bertz CT molecular complexity index is 1710. The lowest BCUT2D eigenvalue weighted by molar-refractivity contribution is -0.0189. The maximum absolute atomic E-state index is 14.5. The first kappa shape index (κ1) is 55.0. The molecule has 0 aromatic carbocycles. The van der Waals surface area contributed by atoms with E-state index in [9.17, 15) is 29.2 Å². The second-order valence-corrected chi connectivity index (χ2v) is 31.0. The van der Waals surface area contributed by atoms with E-state index in [-0.39, 0.29) is 35.4 Å². The fraction of sp³-hybridized carbons (Fsp3) is 1.00. The van der Waals surface area contributed by atoms with Crippen LogP contribution >= 0.6 is 0 Å². The predicted octanol–water partition coefficient (Wildman–Crippen LogP) is 16.9. The van der Waals surface area contributed by atoms with Crippen LogP contribution in [0.2, 0.25) is 0 Å². The van der Waals surface area contributed by atoms with Crippen LogP contribution in [0.5, 0.6) is 0 Å². The molecule has 13 unspecified atom stereocenters. The van der Waals surface area contributed by atoms with E-state index in [2.05, 4.69) is 27.7 Å². The molecule has 72 heavy (non-hydrogen) atoms. The zero-order valence-corrected chi connectivity index (χ0v) is 47.2. The van der Waals surface area contributed by atoms with Crippen molar-refractivity contribution in [1.29, 1.82) is 0 Å². The summed E-state index contributed by atoms with van der Waals surface area (Å²) >= 11 is 0. The highest BCUT2D eigenvalue weighted by atomic mass is 19.3. The maximum atomic E-state index is 14.5. The van der Waals surface area contributed by atoms with Crippen LogP contribution in [-0.2, 0) is 0 Å². The van der Waals surface area contributed by atoms with Crippen LogP contribution in [0.4, 0.5) is 8.78 Å². The summed E-state index contributed by atoms with van der Waals surface area (Å²) in [5.41, 5.74) is 0.975. The molecular weight excluding hydrogens is 895 g/mol. The van der Waals surface area contributed by atoms with Gasteiger partial charge in [0.1, 0.15) is 0 Å². The second-order valence-electron chi connectivity index (χ2n) is 31.0. The third-order valence-electron chi connectivity index (χ3n) is 25.2. The molecule has 0 bridgehead atoms. The lowest BCUT2D eigenvalue weighted by Crippen LogP contribution is -2.37. The van der Waals surface area contributed by atoms with Gasteiger partial charge in [-0.05, 0) is 291 Å². The van der Waals surface area contributed by atoms with Gasteiger partial charge in [-0.15, -0.1) is 0 Å². The highest BCUT2D eigenvalue weighted by Gasteiger charge is 2.69. The van der Waals surface area contributed by atoms with Crippen molar-refractivity contribution in [1.82, 2.24) is 0 Å². The molecule has 4 N–H and O–H groups in total. The minimum Gasteiger partial charge on any atom is -0.393 e. The Morgan fingerprint density at radius 1 is 0.597 bits per heavy atom. The van der Waals surface area contributed by atoms with Crippen molar-refractivity contribution >= 4 is 0 Å². The number of fused-ring (bicyclic) bond motifs is 1. The highest BCUT2D eigenvalue weighted by molar-refractivity contribution is 5.17. The molecule has 0 amide bonds. The number of hydrogen-bond donors (Lipinski definition) is 4. The zero-order chi connectivity index (χ0) is 50.6. The van der Waals surface area contributed by atoms with E-state index in [0.717, 1.165) is 137 Å². The fourth-order valence-electron chi connectivity index (χ4n) is 20.0. The summed E-state index contributed by atoms with van der Waals surface area (Å²) in [5, 5.41) is 46.0. The molecular formula is C66H112F2O4. The van der Waals surface area contributed by atoms with Gasteiger partial charge in [-0.3, -0.25) is 0 Å². The Labute approximate surface area is 440 Å². The van der Waals surface area contributed by atoms with Crippen molar-refractivity contribution < 1.29 is 29.2 Å². The largest absolute Gasteiger partial charge is 0.393 e. The Hall–Kier alpha value is -0.300. The Balaban J connectivity index is 0.656. The van der Waals surface area contributed by atoms with E-state index in [1.54, 1.807) is 0 Å². The standard InChI is InChI=1S/C66H112F2O4/c1-6-46(39-64(32-33-64)55-27-10-43(2)11-28-55)53-26-25-52(57-41-66(57,40-53)56-37-54(56)38-63(5,67)68)36-45-14-19-51(20-15-45)61(72)65(34-35-65)42-62(3,4)31-30-59(70)58(69)29-16-44-12-17-50(18-13-44)60(71)49-9-7-8-47(23-24-49)48-21-22-48/h43-61,69-72H,6-42H2,1-5H3. The summed E-state index contributed by atoms with van der Waals surface area (Å²) in [4.78, 5) is 0. The molecule has 10 aliphatic rings. The summed E-state index contributed by atoms with van der Waals surface area (Å²) in [5.74, 6) is 7.80. The minimum atomic E-state index is -2.55. The Kier molecular flexibility index (Phi) is 17.2. The molecule has 10 rings (SSSR count). The van der Waals surface area contributed by atoms with E-state index >= 15 is 0 Å². The summed E-state index contributed by atoms with van der Waals surface area (Å²) < 4.78 is 28.9. The van der Waals surface area contributed by atoms with Gasteiger partial charge in [0.2, 0.25) is 5.92 Å². The van der Waals surface area contributed by atoms with Crippen LogP contribution in [0, 0.1) is 110 Å². The summed E-state index contributed by atoms with van der Waals surface area (Å²) in [7, 11) is 0. The molecule has 4 nitrogen and oxygen atoms in total. The average Bonchev–Trinajstić information content (AvgIpc) is 4.12. The molecule has 0 heterocycles. The smallest absolute Gasteiger partial charge is 0.245 e. The van der Waals surface area contributed by atoms with Gasteiger partial charge in [0, 0.05) is 6.42 Å². The summed E-state index contributed by atoms with van der Waals surface area (Å²) in [6.07, 6.45) is 42.6. The van der Waals surface area contributed by atoms with Crippen molar-refractivity contribution in [3.05, 3.63) is 0 Å². The fourth-order valence-corrected chi connectivity index (χ4v) is 20.0. The quantitative estimate of drug-likeness (QED) is 0.0727. The first-order chi connectivity index (χ1) is 34.4. The SMILES string of the molecule is CCC(CC1(C2CCC(C)CC2)CC1)C1CCC(CC2CCC(C(O)C3(CC(C)(C)CCC(O)C(O)CCC4CCC(C(O)C5CCCC(C6CC6)CC5)CC4)CC3)CC2)C2CC2(C2CC2CC(C)(F)F)C1. The van der Waals surface area contributed by atoms with Gasteiger partial charge in [0.25, 0.3) is 0 Å². The van der Waals surface area contributed by atoms with E-state index in [1.807, 2.05) is 0 Å². The van der Waals surface area contributed by atoms with Gasteiger partial charge in [0.05, 0.1) is 24.4 Å². The Morgan fingerprint density at radius 2 is 1.21 bits per heavy atom. The van der Waals surface area contributed by atoms with Gasteiger partial charge in [-0.25, -0.2) is 8.78 Å². The van der Waals surface area contributed by atoms with Crippen LogP contribution in [0.1, 0.15) is 272 Å². The minimum absolute atomic E-state index is 0.00291. The van der Waals surface area contributed by atoms with Crippen molar-refractivity contribution in [3.63, 3.8) is 0 Å². The lowest BCUT2D eigenvalue weighted by Gasteiger charge is -2.39. The van der Waals surface area contributed by atoms with Gasteiger partial charge < -0.3 is 20.4 Å². The van der Waals surface area contributed by atoms with Gasteiger partial charge in [0.15, 0.2) is 0 Å². The van der Waals surface area contributed by atoms with Gasteiger partial charge in [-0.2, -0.15) is 0 Å². The van der Waals surface area contributed by atoms with Crippen LogP contribution in [-0.4, -0.2) is 50.8 Å². The van der Waals surface area contributed by atoms with E-state index in [4.69, 9.17) is 0 Å². The van der Waals surface area contributed by atoms with Gasteiger partial charge >= 0.3 is 0 Å². The number of hydrogen-bond acceptors (Lipinski definition) is 4. The summed E-state index contributed by atoms with van der Waals surface area (Å²) in [6.45, 7) is 10.8. The van der Waals surface area contributed by atoms with Crippen LogP contribution in [0.15, 0.2) is 0 Å². The van der Waals surface area contributed by atoms with E-state index in [0.29, 0.717) is 53.3 Å². The first-order valence-electron chi connectivity index (χ1n) is 32.5. The molecule has 0 saturated heterocycles. The molecule has 0 aromatic rings. The van der Waals surface area contributed by atoms with Crippen molar-refractivity contribution in [2.75, 3.05) is 0 Å². The monoisotopic (exact) mass is 1010 g/mol. The number of rotatable bonds is 24. The van der Waals surface area contributed by atoms with Crippen LogP contribution in [0.3, 0.4) is 0 Å². The Morgan fingerprint density at radius 3 is 1.86 bits per heavy atom. The molecule has 10 aliphatic carbocycles. The van der Waals surface area contributed by atoms with Crippen molar-refractivity contribution in [3.8, 4) is 0 Å². The average molecular weight is 1010 g/mol. The highest BCUT2D eigenvalue weighted by Crippen LogP contribution is 2.76. The molecule has 0 aliphatic heterocycles. The topological polar surface area (TPSA) is 80.9 Å².